The molecular weight excluding hydrogens is 378 g/mol. The Labute approximate surface area is 105 Å². The predicted molar refractivity (Wildman–Crippen MR) is 58.1 cm³/mol. The van der Waals surface area contributed by atoms with Gasteiger partial charge in [0, 0.05) is 0 Å². The molecule has 0 aromatic heterocycles. The molecule has 0 bridgehead atoms. The molecule has 16 heavy (non-hydrogen) atoms. The van der Waals surface area contributed by atoms with Crippen molar-refractivity contribution in [3.8, 4) is 0 Å². The number of benzene rings is 1. The normalized spacial score (nSPS) is 10.3. The molecule has 0 heterocycles. The number of hydrogen-bond acceptors (Lipinski definition) is 3. The van der Waals surface area contributed by atoms with Gasteiger partial charge in [0.15, 0.2) is 0 Å². The van der Waals surface area contributed by atoms with Crippen LogP contribution in [0.3, 0.4) is 0 Å². The van der Waals surface area contributed by atoms with Crippen molar-refractivity contribution in [1.82, 2.24) is 0 Å². The third kappa shape index (κ3) is 2.00. The van der Waals surface area contributed by atoms with E-state index in [1.165, 1.54) is 0 Å². The number of rotatable bonds is 2. The van der Waals surface area contributed by atoms with Gasteiger partial charge in [-0.15, -0.1) is 0 Å². The van der Waals surface area contributed by atoms with Crippen LogP contribution in [0.4, 0.5) is 5.69 Å². The molecule has 0 saturated heterocycles. The summed E-state index contributed by atoms with van der Waals surface area (Å²) in [4.78, 5) is 10.6. The van der Waals surface area contributed by atoms with E-state index in [1.54, 1.807) is 6.92 Å². The first-order valence-electron chi connectivity index (χ1n) is 4.77. The second kappa shape index (κ2) is 4.56. The Morgan fingerprint density at radius 1 is 1.12 bits per heavy atom. The summed E-state index contributed by atoms with van der Waals surface area (Å²) in [7, 11) is 0. The van der Waals surface area contributed by atoms with Crippen molar-refractivity contribution in [1.29, 1.82) is 0 Å². The van der Waals surface area contributed by atoms with Crippen molar-refractivity contribution in [2.24, 2.45) is 0 Å². The Morgan fingerprint density at radius 3 is 1.94 bits per heavy atom. The molecule has 0 saturated carbocycles. The van der Waals surface area contributed by atoms with E-state index in [0.717, 1.165) is 36.0 Å². The molecular formula is C11H13NO3W. The summed E-state index contributed by atoms with van der Waals surface area (Å²) in [5.41, 5.74) is 3.78. The maximum absolute atomic E-state index is 11.1. The molecule has 5 heteroatoms. The molecule has 4 nitrogen and oxygen atoms in total. The SMILES string of the molecule is Cc1c(C)c(C)c([N+](=O)[O-])c([C](O)=[W])c1C. The van der Waals surface area contributed by atoms with Gasteiger partial charge in [-0.3, -0.25) is 0 Å². The van der Waals surface area contributed by atoms with Crippen LogP contribution in [0.25, 0.3) is 0 Å². The van der Waals surface area contributed by atoms with Crippen molar-refractivity contribution >= 4 is 9.77 Å². The van der Waals surface area contributed by atoms with Crippen LogP contribution in [0, 0.1) is 37.8 Å². The van der Waals surface area contributed by atoms with Crippen molar-refractivity contribution in [2.75, 3.05) is 0 Å². The molecule has 0 radical (unpaired) electrons. The molecule has 1 rings (SSSR count). The zero-order valence-electron chi connectivity index (χ0n) is 9.62. The van der Waals surface area contributed by atoms with Crippen LogP contribution >= 0.6 is 0 Å². The van der Waals surface area contributed by atoms with E-state index in [0.29, 0.717) is 11.1 Å². The molecule has 0 atom stereocenters. The summed E-state index contributed by atoms with van der Waals surface area (Å²) >= 11 is 0.837. The molecule has 0 aliphatic rings. The third-order valence-corrected chi connectivity index (χ3v) is 3.78. The molecule has 86 valence electrons. The molecule has 1 N–H and O–H groups in total. The van der Waals surface area contributed by atoms with E-state index >= 15 is 0 Å². The molecule has 1 aromatic carbocycles. The monoisotopic (exact) mass is 391 g/mol. The summed E-state index contributed by atoms with van der Waals surface area (Å²) in [5, 5.41) is 20.7. The number of aliphatic hydroxyl groups excluding tert-OH is 1. The van der Waals surface area contributed by atoms with Crippen LogP contribution in [0.15, 0.2) is 0 Å². The van der Waals surface area contributed by atoms with Gasteiger partial charge >= 0.3 is 105 Å². The fraction of sp³-hybridized carbons (Fsp3) is 0.364. The summed E-state index contributed by atoms with van der Waals surface area (Å²) in [6, 6.07) is 0. The Morgan fingerprint density at radius 2 is 1.56 bits per heavy atom. The van der Waals surface area contributed by atoms with Crippen molar-refractivity contribution in [3.63, 3.8) is 0 Å². The van der Waals surface area contributed by atoms with Gasteiger partial charge in [0.1, 0.15) is 0 Å². The average molecular weight is 391 g/mol. The van der Waals surface area contributed by atoms with Crippen molar-refractivity contribution in [2.45, 2.75) is 27.7 Å². The first-order chi connectivity index (χ1) is 7.29. The Kier molecular flexibility index (Phi) is 3.76. The number of nitro benzene ring substituents is 1. The van der Waals surface area contributed by atoms with Crippen LogP contribution in [0.1, 0.15) is 27.8 Å². The minimum atomic E-state index is -0.413. The molecule has 0 unspecified atom stereocenters. The zero-order chi connectivity index (χ0) is 12.6. The molecule has 0 aliphatic carbocycles. The Hall–Kier alpha value is -0.862. The number of hydrogen-bond donors (Lipinski definition) is 1. The van der Waals surface area contributed by atoms with E-state index in [-0.39, 0.29) is 9.77 Å². The van der Waals surface area contributed by atoms with Crippen molar-refractivity contribution < 1.29 is 29.4 Å². The number of aliphatic hydroxyl groups is 1. The summed E-state index contributed by atoms with van der Waals surface area (Å²) in [5.74, 6) is 0. The van der Waals surface area contributed by atoms with Gasteiger partial charge in [0.2, 0.25) is 0 Å². The van der Waals surface area contributed by atoms with E-state index in [2.05, 4.69) is 0 Å². The topological polar surface area (TPSA) is 63.4 Å². The minimum absolute atomic E-state index is 0.0353. The maximum atomic E-state index is 11.1. The van der Waals surface area contributed by atoms with Crippen LogP contribution in [0.2, 0.25) is 0 Å². The fourth-order valence-electron chi connectivity index (χ4n) is 1.78. The first-order valence-corrected chi connectivity index (χ1v) is 6.23. The Bertz CT molecular complexity index is 450. The standard InChI is InChI=1S/C11H13NO3.W/c1-6-7(2)9(4)11(12(14)15)10(5-13)8(6)3;/h13H,1-4H3;. The van der Waals surface area contributed by atoms with Gasteiger partial charge in [0.25, 0.3) is 0 Å². The molecule has 0 fully saturated rings. The molecule has 0 amide bonds. The number of nitro groups is 1. The van der Waals surface area contributed by atoms with E-state index in [4.69, 9.17) is 0 Å². The predicted octanol–water partition coefficient (Wildman–Crippen LogP) is 2.23. The summed E-state index contributed by atoms with van der Waals surface area (Å²) in [6.45, 7) is 7.32. The first kappa shape index (κ1) is 13.2. The zero-order valence-corrected chi connectivity index (χ0v) is 12.6. The van der Waals surface area contributed by atoms with Gasteiger partial charge in [-0.05, 0) is 0 Å². The molecule has 0 spiro atoms. The van der Waals surface area contributed by atoms with Crippen LogP contribution in [0.5, 0.6) is 0 Å². The fourth-order valence-corrected chi connectivity index (χ4v) is 2.68. The van der Waals surface area contributed by atoms with Gasteiger partial charge in [-0.25, -0.2) is 0 Å². The van der Waals surface area contributed by atoms with Crippen LogP contribution in [-0.2, 0) is 19.4 Å². The second-order valence-corrected chi connectivity index (χ2v) is 5.18. The van der Waals surface area contributed by atoms with Crippen LogP contribution in [-0.4, -0.2) is 14.1 Å². The van der Waals surface area contributed by atoms with E-state index < -0.39 is 4.92 Å². The molecule has 1 aromatic rings. The average Bonchev–Trinajstić information content (AvgIpc) is 2.18. The van der Waals surface area contributed by atoms with Gasteiger partial charge in [0.05, 0.1) is 0 Å². The second-order valence-electron chi connectivity index (χ2n) is 3.79. The summed E-state index contributed by atoms with van der Waals surface area (Å²) < 4.78 is 0.0791. The van der Waals surface area contributed by atoms with Crippen LogP contribution < -0.4 is 0 Å². The van der Waals surface area contributed by atoms with E-state index in [1.807, 2.05) is 20.8 Å². The van der Waals surface area contributed by atoms with Gasteiger partial charge in [-0.2, -0.15) is 0 Å². The van der Waals surface area contributed by atoms with Gasteiger partial charge < -0.3 is 0 Å². The Balaban J connectivity index is 3.83. The van der Waals surface area contributed by atoms with Gasteiger partial charge in [-0.1, -0.05) is 0 Å². The third-order valence-electron chi connectivity index (χ3n) is 3.05. The van der Waals surface area contributed by atoms with Crippen molar-refractivity contribution in [3.05, 3.63) is 37.9 Å². The van der Waals surface area contributed by atoms with E-state index in [9.17, 15) is 15.2 Å². The summed E-state index contributed by atoms with van der Waals surface area (Å²) in [6.07, 6.45) is 0. The number of nitrogens with zero attached hydrogens (tertiary/aromatic N) is 1. The molecule has 0 aliphatic heterocycles. The quantitative estimate of drug-likeness (QED) is 0.622.